The van der Waals surface area contributed by atoms with Gasteiger partial charge in [0.25, 0.3) is 0 Å². The van der Waals surface area contributed by atoms with E-state index >= 15 is 0 Å². The van der Waals surface area contributed by atoms with Gasteiger partial charge < -0.3 is 5.32 Å². The van der Waals surface area contributed by atoms with Gasteiger partial charge in [0.1, 0.15) is 0 Å². The van der Waals surface area contributed by atoms with E-state index in [0.717, 1.165) is 6.54 Å². The average molecular weight is 259 g/mol. The van der Waals surface area contributed by atoms with Crippen LogP contribution in [0.15, 0.2) is 24.3 Å². The molecule has 0 bridgehead atoms. The van der Waals surface area contributed by atoms with Crippen LogP contribution in [0.25, 0.3) is 0 Å². The lowest BCUT2D eigenvalue weighted by atomic mass is 9.70. The Hall–Kier alpha value is -0.820. The Bertz CT molecular complexity index is 426. The van der Waals surface area contributed by atoms with Crippen LogP contribution in [0.3, 0.4) is 0 Å². The maximum Gasteiger partial charge on any atom is 0.0374 e. The van der Waals surface area contributed by atoms with Crippen molar-refractivity contribution in [1.29, 1.82) is 0 Å². The van der Waals surface area contributed by atoms with Crippen LogP contribution in [-0.4, -0.2) is 6.54 Å². The van der Waals surface area contributed by atoms with E-state index in [1.807, 2.05) is 0 Å². The predicted molar refractivity (Wildman–Crippen MR) is 83.4 cm³/mol. The molecule has 0 amide bonds. The highest BCUT2D eigenvalue weighted by molar-refractivity contribution is 5.34. The minimum atomic E-state index is 0.353. The van der Waals surface area contributed by atoms with E-state index in [4.69, 9.17) is 0 Å². The van der Waals surface area contributed by atoms with E-state index in [2.05, 4.69) is 64.2 Å². The Balaban J connectivity index is 2.12. The first-order valence-electron chi connectivity index (χ1n) is 7.61. The lowest BCUT2D eigenvalue weighted by Gasteiger charge is -2.41. The zero-order valence-corrected chi connectivity index (χ0v) is 13.2. The number of hydrogen-bond donors (Lipinski definition) is 1. The van der Waals surface area contributed by atoms with Crippen LogP contribution in [0.5, 0.6) is 0 Å². The third kappa shape index (κ3) is 3.60. The Labute approximate surface area is 118 Å². The first kappa shape index (κ1) is 14.6. The van der Waals surface area contributed by atoms with Crippen molar-refractivity contribution < 1.29 is 0 Å². The summed E-state index contributed by atoms with van der Waals surface area (Å²) in [4.78, 5) is 0. The molecule has 0 heterocycles. The second-order valence-electron chi connectivity index (χ2n) is 7.89. The second-order valence-corrected chi connectivity index (χ2v) is 7.89. The highest BCUT2D eigenvalue weighted by Crippen LogP contribution is 2.43. The van der Waals surface area contributed by atoms with Crippen LogP contribution < -0.4 is 5.32 Å². The van der Waals surface area contributed by atoms with Gasteiger partial charge in [0.15, 0.2) is 0 Å². The van der Waals surface area contributed by atoms with Crippen molar-refractivity contribution in [2.24, 2.45) is 10.8 Å². The fourth-order valence-corrected chi connectivity index (χ4v) is 3.04. The first-order valence-corrected chi connectivity index (χ1v) is 7.61. The molecule has 0 aliphatic heterocycles. The van der Waals surface area contributed by atoms with E-state index in [0.29, 0.717) is 16.9 Å². The number of fused-ring (bicyclic) bond motifs is 1. The summed E-state index contributed by atoms with van der Waals surface area (Å²) in [6, 6.07) is 9.45. The lowest BCUT2D eigenvalue weighted by molar-refractivity contribution is 0.202. The molecule has 0 spiro atoms. The lowest BCUT2D eigenvalue weighted by Crippen LogP contribution is -2.39. The van der Waals surface area contributed by atoms with Crippen LogP contribution in [0.1, 0.15) is 64.6 Å². The van der Waals surface area contributed by atoms with Gasteiger partial charge in [-0.3, -0.25) is 0 Å². The van der Waals surface area contributed by atoms with E-state index < -0.39 is 0 Å². The normalized spacial score (nSPS) is 22.1. The van der Waals surface area contributed by atoms with Crippen LogP contribution in [0.2, 0.25) is 0 Å². The van der Waals surface area contributed by atoms with Gasteiger partial charge in [-0.1, -0.05) is 58.9 Å². The SMILES string of the molecule is CC(C)(C)CCNC1c2ccccc2CCC1(C)C. The van der Waals surface area contributed by atoms with Crippen molar-refractivity contribution >= 4 is 0 Å². The molecule has 1 N–H and O–H groups in total. The monoisotopic (exact) mass is 259 g/mol. The van der Waals surface area contributed by atoms with E-state index in [9.17, 15) is 0 Å². The van der Waals surface area contributed by atoms with Crippen LogP contribution in [-0.2, 0) is 6.42 Å². The van der Waals surface area contributed by atoms with Gasteiger partial charge >= 0.3 is 0 Å². The second kappa shape index (κ2) is 5.28. The predicted octanol–water partition coefficient (Wildman–Crippen LogP) is 4.73. The van der Waals surface area contributed by atoms with Crippen molar-refractivity contribution in [2.45, 2.75) is 59.9 Å². The fraction of sp³-hybridized carbons (Fsp3) is 0.667. The van der Waals surface area contributed by atoms with Crippen LogP contribution >= 0.6 is 0 Å². The highest BCUT2D eigenvalue weighted by atomic mass is 14.9. The molecule has 1 heteroatoms. The van der Waals surface area contributed by atoms with Gasteiger partial charge in [-0.15, -0.1) is 0 Å². The Morgan fingerprint density at radius 1 is 1.21 bits per heavy atom. The number of hydrogen-bond acceptors (Lipinski definition) is 1. The van der Waals surface area contributed by atoms with Crippen molar-refractivity contribution in [1.82, 2.24) is 5.32 Å². The molecule has 1 nitrogen and oxygen atoms in total. The van der Waals surface area contributed by atoms with Crippen molar-refractivity contribution in [3.05, 3.63) is 35.4 Å². The Morgan fingerprint density at radius 3 is 2.58 bits per heavy atom. The van der Waals surface area contributed by atoms with Crippen molar-refractivity contribution in [2.75, 3.05) is 6.54 Å². The van der Waals surface area contributed by atoms with Gasteiger partial charge in [-0.25, -0.2) is 0 Å². The first-order chi connectivity index (χ1) is 8.80. The standard InChI is InChI=1S/C18H29N/c1-17(2,3)12-13-19-16-15-9-7-6-8-14(15)10-11-18(16,4)5/h6-9,16,19H,10-13H2,1-5H3. The quantitative estimate of drug-likeness (QED) is 0.827. The largest absolute Gasteiger partial charge is 0.309 e. The molecular weight excluding hydrogens is 230 g/mol. The molecule has 1 aliphatic carbocycles. The summed E-state index contributed by atoms with van der Waals surface area (Å²) >= 11 is 0. The van der Waals surface area contributed by atoms with Gasteiger partial charge in [0.05, 0.1) is 0 Å². The third-order valence-electron chi connectivity index (χ3n) is 4.41. The van der Waals surface area contributed by atoms with E-state index in [-0.39, 0.29) is 0 Å². The third-order valence-corrected chi connectivity index (χ3v) is 4.41. The topological polar surface area (TPSA) is 12.0 Å². The molecule has 0 saturated heterocycles. The smallest absolute Gasteiger partial charge is 0.0374 e. The zero-order chi connectivity index (χ0) is 14.1. The van der Waals surface area contributed by atoms with Gasteiger partial charge in [0, 0.05) is 6.04 Å². The number of aryl methyl sites for hydroxylation is 1. The molecule has 106 valence electrons. The summed E-state index contributed by atoms with van der Waals surface area (Å²) in [5.41, 5.74) is 3.82. The summed E-state index contributed by atoms with van der Waals surface area (Å²) < 4.78 is 0. The number of rotatable bonds is 3. The molecule has 1 aliphatic rings. The maximum atomic E-state index is 3.82. The van der Waals surface area contributed by atoms with Crippen molar-refractivity contribution in [3.63, 3.8) is 0 Å². The van der Waals surface area contributed by atoms with Gasteiger partial charge in [0.2, 0.25) is 0 Å². The van der Waals surface area contributed by atoms with Crippen LogP contribution in [0, 0.1) is 10.8 Å². The minimum Gasteiger partial charge on any atom is -0.309 e. The number of benzene rings is 1. The maximum absolute atomic E-state index is 3.82. The molecule has 2 rings (SSSR count). The molecule has 1 aromatic rings. The van der Waals surface area contributed by atoms with Crippen molar-refractivity contribution in [3.8, 4) is 0 Å². The minimum absolute atomic E-state index is 0.353. The van der Waals surface area contributed by atoms with E-state index in [1.54, 1.807) is 0 Å². The fourth-order valence-electron chi connectivity index (χ4n) is 3.04. The Morgan fingerprint density at radius 2 is 1.89 bits per heavy atom. The summed E-state index contributed by atoms with van der Waals surface area (Å²) in [7, 11) is 0. The Kier molecular flexibility index (Phi) is 4.06. The highest BCUT2D eigenvalue weighted by Gasteiger charge is 2.35. The van der Waals surface area contributed by atoms with Gasteiger partial charge in [-0.05, 0) is 47.8 Å². The van der Waals surface area contributed by atoms with Gasteiger partial charge in [-0.2, -0.15) is 0 Å². The zero-order valence-electron chi connectivity index (χ0n) is 13.2. The molecule has 1 aromatic carbocycles. The molecule has 1 atom stereocenters. The average Bonchev–Trinajstić information content (AvgIpc) is 2.30. The molecule has 0 fully saturated rings. The number of nitrogens with one attached hydrogen (secondary N) is 1. The molecule has 1 unspecified atom stereocenters. The molecule has 0 radical (unpaired) electrons. The summed E-state index contributed by atoms with van der Waals surface area (Å²) in [6.07, 6.45) is 3.72. The molecule has 0 saturated carbocycles. The summed E-state index contributed by atoms with van der Waals surface area (Å²) in [5, 5.41) is 3.82. The molecule has 19 heavy (non-hydrogen) atoms. The summed E-state index contributed by atoms with van der Waals surface area (Å²) in [6.45, 7) is 12.8. The van der Waals surface area contributed by atoms with E-state index in [1.165, 1.54) is 30.4 Å². The van der Waals surface area contributed by atoms with Crippen LogP contribution in [0.4, 0.5) is 0 Å². The molecule has 0 aromatic heterocycles. The summed E-state index contributed by atoms with van der Waals surface area (Å²) in [5.74, 6) is 0. The molecular formula is C18H29N.